The van der Waals surface area contributed by atoms with Crippen molar-refractivity contribution in [2.24, 2.45) is 0 Å². The smallest absolute Gasteiger partial charge is 0.264 e. The zero-order valence-corrected chi connectivity index (χ0v) is 18.2. The van der Waals surface area contributed by atoms with Gasteiger partial charge in [-0.05, 0) is 43.2 Å². The highest BCUT2D eigenvalue weighted by molar-refractivity contribution is 8.05. The Kier molecular flexibility index (Phi) is 7.16. The van der Waals surface area contributed by atoms with Crippen molar-refractivity contribution in [2.75, 3.05) is 18.6 Å². The maximum atomic E-state index is 13.4. The SMILES string of the molecule is C=CCNC(=O)/C(C#N)=C1\SC(Cc2ccc(C)cc2)C(=O)N1c1ccc(OC)cc1. The van der Waals surface area contributed by atoms with E-state index in [1.807, 2.05) is 37.3 Å². The molecule has 1 saturated heterocycles. The number of carbonyl (C=O) groups excluding carboxylic acids is 2. The van der Waals surface area contributed by atoms with Crippen LogP contribution < -0.4 is 15.0 Å². The third-order valence-corrected chi connectivity index (χ3v) is 6.05. The molecule has 0 aliphatic carbocycles. The zero-order chi connectivity index (χ0) is 22.4. The number of aryl methyl sites for hydroxylation is 1. The van der Waals surface area contributed by atoms with Crippen molar-refractivity contribution in [3.8, 4) is 11.8 Å². The molecular weight excluding hydrogens is 410 g/mol. The van der Waals surface area contributed by atoms with Crippen LogP contribution in [0.15, 0.2) is 71.8 Å². The first-order valence-electron chi connectivity index (χ1n) is 9.72. The second-order valence-electron chi connectivity index (χ2n) is 6.96. The molecule has 1 fully saturated rings. The molecule has 31 heavy (non-hydrogen) atoms. The second kappa shape index (κ2) is 10.0. The molecule has 1 N–H and O–H groups in total. The molecule has 2 amide bonds. The number of carbonyl (C=O) groups is 2. The molecule has 7 heteroatoms. The Morgan fingerprint density at radius 1 is 1.26 bits per heavy atom. The Balaban J connectivity index is 2.01. The molecule has 1 unspecified atom stereocenters. The van der Waals surface area contributed by atoms with Gasteiger partial charge in [-0.2, -0.15) is 5.26 Å². The number of rotatable bonds is 7. The highest BCUT2D eigenvalue weighted by atomic mass is 32.2. The summed E-state index contributed by atoms with van der Waals surface area (Å²) in [6.45, 7) is 5.81. The van der Waals surface area contributed by atoms with Gasteiger partial charge >= 0.3 is 0 Å². The molecule has 1 atom stereocenters. The number of thioether (sulfide) groups is 1. The van der Waals surface area contributed by atoms with Gasteiger partial charge in [-0.25, -0.2) is 0 Å². The maximum Gasteiger partial charge on any atom is 0.264 e. The Bertz CT molecular complexity index is 1050. The van der Waals surface area contributed by atoms with E-state index in [2.05, 4.69) is 11.9 Å². The van der Waals surface area contributed by atoms with Crippen LogP contribution in [-0.2, 0) is 16.0 Å². The van der Waals surface area contributed by atoms with Gasteiger partial charge in [-0.15, -0.1) is 6.58 Å². The van der Waals surface area contributed by atoms with Gasteiger partial charge in [0.05, 0.1) is 12.4 Å². The fourth-order valence-electron chi connectivity index (χ4n) is 3.14. The van der Waals surface area contributed by atoms with Gasteiger partial charge < -0.3 is 10.1 Å². The fraction of sp³-hybridized carbons (Fsp3) is 0.208. The van der Waals surface area contributed by atoms with Gasteiger partial charge in [-0.3, -0.25) is 14.5 Å². The summed E-state index contributed by atoms with van der Waals surface area (Å²) < 4.78 is 5.20. The number of hydrogen-bond donors (Lipinski definition) is 1. The van der Waals surface area contributed by atoms with Crippen LogP contribution in [0, 0.1) is 18.3 Å². The van der Waals surface area contributed by atoms with Crippen molar-refractivity contribution < 1.29 is 14.3 Å². The number of nitrogens with one attached hydrogen (secondary N) is 1. The van der Waals surface area contributed by atoms with E-state index in [1.165, 1.54) is 22.7 Å². The zero-order valence-electron chi connectivity index (χ0n) is 17.4. The third kappa shape index (κ3) is 4.98. The summed E-state index contributed by atoms with van der Waals surface area (Å²) in [5, 5.41) is 12.2. The lowest BCUT2D eigenvalue weighted by Crippen LogP contribution is -2.32. The second-order valence-corrected chi connectivity index (χ2v) is 8.15. The van der Waals surface area contributed by atoms with Gasteiger partial charge in [0.1, 0.15) is 22.4 Å². The maximum absolute atomic E-state index is 13.4. The third-order valence-electron chi connectivity index (χ3n) is 4.78. The molecule has 0 saturated carbocycles. The molecule has 1 aliphatic heterocycles. The minimum absolute atomic E-state index is 0.0950. The quantitative estimate of drug-likeness (QED) is 0.409. The summed E-state index contributed by atoms with van der Waals surface area (Å²) in [7, 11) is 1.56. The van der Waals surface area contributed by atoms with Crippen LogP contribution in [0.3, 0.4) is 0 Å². The number of hydrogen-bond acceptors (Lipinski definition) is 5. The summed E-state index contributed by atoms with van der Waals surface area (Å²) in [6.07, 6.45) is 2.03. The number of nitrogens with zero attached hydrogens (tertiary/aromatic N) is 2. The van der Waals surface area contributed by atoms with Crippen LogP contribution in [0.25, 0.3) is 0 Å². The molecule has 1 heterocycles. The topological polar surface area (TPSA) is 82.4 Å². The molecule has 0 aromatic heterocycles. The summed E-state index contributed by atoms with van der Waals surface area (Å²) in [5.41, 5.74) is 2.63. The Morgan fingerprint density at radius 3 is 2.52 bits per heavy atom. The molecule has 0 spiro atoms. The van der Waals surface area contributed by atoms with Crippen molar-refractivity contribution in [1.82, 2.24) is 5.32 Å². The number of amides is 2. The molecular formula is C24H23N3O3S. The highest BCUT2D eigenvalue weighted by Gasteiger charge is 2.40. The predicted octanol–water partition coefficient (Wildman–Crippen LogP) is 3.73. The van der Waals surface area contributed by atoms with Crippen molar-refractivity contribution >= 4 is 29.3 Å². The predicted molar refractivity (Wildman–Crippen MR) is 123 cm³/mol. The van der Waals surface area contributed by atoms with Crippen molar-refractivity contribution in [1.29, 1.82) is 5.26 Å². The van der Waals surface area contributed by atoms with E-state index in [-0.39, 0.29) is 18.0 Å². The molecule has 1 aliphatic rings. The number of nitriles is 1. The summed E-state index contributed by atoms with van der Waals surface area (Å²) >= 11 is 1.24. The van der Waals surface area contributed by atoms with E-state index in [9.17, 15) is 14.9 Å². The van der Waals surface area contributed by atoms with E-state index in [0.717, 1.165) is 11.1 Å². The first-order chi connectivity index (χ1) is 15.0. The van der Waals surface area contributed by atoms with Gasteiger partial charge in [0, 0.05) is 12.2 Å². The minimum atomic E-state index is -0.535. The van der Waals surface area contributed by atoms with E-state index < -0.39 is 11.2 Å². The van der Waals surface area contributed by atoms with Crippen molar-refractivity contribution in [2.45, 2.75) is 18.6 Å². The van der Waals surface area contributed by atoms with Gasteiger partial charge in [0.15, 0.2) is 0 Å². The average molecular weight is 434 g/mol. The van der Waals surface area contributed by atoms with Crippen LogP contribution in [0.4, 0.5) is 5.69 Å². The number of anilines is 1. The fourth-order valence-corrected chi connectivity index (χ4v) is 4.45. The van der Waals surface area contributed by atoms with Crippen LogP contribution in [0.5, 0.6) is 5.75 Å². The monoisotopic (exact) mass is 433 g/mol. The Morgan fingerprint density at radius 2 is 1.94 bits per heavy atom. The molecule has 3 rings (SSSR count). The molecule has 0 bridgehead atoms. The summed E-state index contributed by atoms with van der Waals surface area (Å²) in [6, 6.07) is 16.9. The van der Waals surface area contributed by atoms with Crippen LogP contribution in [-0.4, -0.2) is 30.7 Å². The van der Waals surface area contributed by atoms with E-state index in [0.29, 0.717) is 22.9 Å². The van der Waals surface area contributed by atoms with Crippen LogP contribution >= 0.6 is 11.8 Å². The molecule has 2 aromatic carbocycles. The summed E-state index contributed by atoms with van der Waals surface area (Å²) in [5.74, 6) is -0.0590. The first-order valence-corrected chi connectivity index (χ1v) is 10.6. The lowest BCUT2D eigenvalue weighted by atomic mass is 10.1. The van der Waals surface area contributed by atoms with Crippen LogP contribution in [0.2, 0.25) is 0 Å². The van der Waals surface area contributed by atoms with Crippen molar-refractivity contribution in [3.63, 3.8) is 0 Å². The lowest BCUT2D eigenvalue weighted by molar-refractivity contribution is -0.117. The molecule has 158 valence electrons. The van der Waals surface area contributed by atoms with E-state index in [1.54, 1.807) is 31.4 Å². The molecule has 2 aromatic rings. The van der Waals surface area contributed by atoms with E-state index >= 15 is 0 Å². The summed E-state index contributed by atoms with van der Waals surface area (Å²) in [4.78, 5) is 27.4. The standard InChI is InChI=1S/C24H23N3O3S/c1-4-13-26-22(28)20(15-25)24-27(18-9-11-19(30-3)12-10-18)23(29)21(31-24)14-17-7-5-16(2)6-8-17/h4-12,21H,1,13-14H2,2-3H3,(H,26,28)/b24-20-. The lowest BCUT2D eigenvalue weighted by Gasteiger charge is -2.19. The number of methoxy groups -OCH3 is 1. The highest BCUT2D eigenvalue weighted by Crippen LogP contribution is 2.42. The number of benzene rings is 2. The Labute approximate surface area is 186 Å². The first kappa shape index (κ1) is 22.2. The van der Waals surface area contributed by atoms with E-state index in [4.69, 9.17) is 4.74 Å². The molecule has 0 radical (unpaired) electrons. The average Bonchev–Trinajstić information content (AvgIpc) is 3.10. The van der Waals surface area contributed by atoms with Gasteiger partial charge in [-0.1, -0.05) is 47.7 Å². The van der Waals surface area contributed by atoms with Gasteiger partial charge in [0.2, 0.25) is 5.91 Å². The van der Waals surface area contributed by atoms with Crippen molar-refractivity contribution in [3.05, 3.63) is 82.9 Å². The largest absolute Gasteiger partial charge is 0.497 e. The Hall–Kier alpha value is -3.50. The number of ether oxygens (including phenoxy) is 1. The molecule has 6 nitrogen and oxygen atoms in total. The van der Waals surface area contributed by atoms with Gasteiger partial charge in [0.25, 0.3) is 5.91 Å². The van der Waals surface area contributed by atoms with Crippen LogP contribution in [0.1, 0.15) is 11.1 Å². The minimum Gasteiger partial charge on any atom is -0.497 e. The normalized spacial score (nSPS) is 17.1.